The maximum atomic E-state index is 0. The van der Waals surface area contributed by atoms with E-state index in [1.165, 1.54) is 0 Å². The minimum absolute atomic E-state index is 0. The molecule has 0 amide bonds. The van der Waals surface area contributed by atoms with Crippen molar-refractivity contribution in [2.45, 2.75) is 0 Å². The molecule has 0 aromatic rings. The van der Waals surface area contributed by atoms with Gasteiger partial charge < -0.3 is 11.0 Å². The van der Waals surface area contributed by atoms with Gasteiger partial charge in [0, 0.05) is 21.7 Å². The van der Waals surface area contributed by atoms with Gasteiger partial charge in [0.2, 0.25) is 0 Å². The van der Waals surface area contributed by atoms with Crippen molar-refractivity contribution in [1.29, 1.82) is 0 Å². The zero-order valence-electron chi connectivity index (χ0n) is 3.54. The third kappa shape index (κ3) is 81.3. The molecule has 64 valence electrons. The third-order valence-corrected chi connectivity index (χ3v) is 0. The van der Waals surface area contributed by atoms with Gasteiger partial charge in [0.15, 0.2) is 0 Å². The molecule has 0 saturated heterocycles. The number of rotatable bonds is 0. The minimum Gasteiger partial charge on any atom is 0 e. The second-order valence-electron chi connectivity index (χ2n) is 0. The van der Waals surface area contributed by atoms with Crippen molar-refractivity contribution in [3.63, 3.8) is 0 Å². The summed E-state index contributed by atoms with van der Waals surface area (Å²) in [6, 6.07) is 0. The minimum atomic E-state index is 0. The predicted molar refractivity (Wildman–Crippen MR) is 52.0 cm³/mol. The molecule has 0 fully saturated rings. The quantitative estimate of drug-likeness (QED) is 0.490. The van der Waals surface area contributed by atoms with Crippen LogP contribution in [0, 0.1) is 0 Å². The van der Waals surface area contributed by atoms with Gasteiger partial charge in [-0.15, -0.1) is 62.0 Å². The summed E-state index contributed by atoms with van der Waals surface area (Å²) in [6.45, 7) is 0. The van der Waals surface area contributed by atoms with Crippen molar-refractivity contribution in [3.8, 4) is 0 Å². The Bertz CT molecular complexity index is 14.9. The Morgan fingerprint density at radius 2 is 0.444 bits per heavy atom. The van der Waals surface area contributed by atoms with Gasteiger partial charge >= 0.3 is 48.9 Å². The van der Waals surface area contributed by atoms with Crippen molar-refractivity contribution >= 4 is 111 Å². The van der Waals surface area contributed by atoms with Gasteiger partial charge in [-0.25, -0.2) is 0 Å². The average Bonchev–Trinajstić information content (AvgIpc) is 0. The maximum Gasteiger partial charge on any atom is 0 e. The number of hydrogen-bond donors (Lipinski definition) is 0. The Balaban J connectivity index is 0. The average molecular weight is 406 g/mol. The van der Waals surface area contributed by atoms with Crippen LogP contribution in [0.2, 0.25) is 0 Å². The molecule has 0 bridgehead atoms. The zero-order chi connectivity index (χ0) is 0. The molecule has 0 aromatic carbocycles. The van der Waals surface area contributed by atoms with Crippen molar-refractivity contribution in [2.24, 2.45) is 0 Å². The van der Waals surface area contributed by atoms with Gasteiger partial charge in [0.1, 0.15) is 0 Å². The van der Waals surface area contributed by atoms with Crippen LogP contribution in [0.5, 0.6) is 0 Å². The van der Waals surface area contributed by atoms with E-state index in [2.05, 4.69) is 0 Å². The molecule has 0 radical (unpaired) electrons. The second kappa shape index (κ2) is 99.0. The van der Waals surface area contributed by atoms with Crippen LogP contribution in [0.3, 0.4) is 0 Å². The molecule has 4 N–H and O–H groups in total. The topological polar surface area (TPSA) is 63.0 Å². The molecule has 0 spiro atoms. The second-order valence-corrected chi connectivity index (χ2v) is 0. The molecule has 0 unspecified atom stereocenters. The van der Waals surface area contributed by atoms with Gasteiger partial charge in [0.05, 0.1) is 0 Å². The Kier molecular flexibility index (Phi) is 1420. The first kappa shape index (κ1) is 129. The van der Waals surface area contributed by atoms with E-state index in [0.29, 0.717) is 0 Å². The Hall–Kier alpha value is 3.66. The normalized spacial score (nSPS) is 0. The van der Waals surface area contributed by atoms with E-state index in [0.717, 1.165) is 0 Å². The maximum absolute atomic E-state index is 0. The molecule has 0 atom stereocenters. The smallest absolute Gasteiger partial charge is 0 e. The summed E-state index contributed by atoms with van der Waals surface area (Å²) in [5.74, 6) is 0. The molecule has 9 heavy (non-hydrogen) atoms. The van der Waals surface area contributed by atoms with E-state index in [-0.39, 0.29) is 144 Å². The van der Waals surface area contributed by atoms with Crippen LogP contribution in [-0.2, 0) is 21.7 Å². The summed E-state index contributed by atoms with van der Waals surface area (Å²) in [6.07, 6.45) is 0. The SMILES string of the molecule is Cl.Cl.Cl.Cl.Cl.O.O.[BaH2].[Ti]. The van der Waals surface area contributed by atoms with Crippen LogP contribution in [-0.4, -0.2) is 59.8 Å². The van der Waals surface area contributed by atoms with Gasteiger partial charge in [-0.2, -0.15) is 0 Å². The van der Waals surface area contributed by atoms with E-state index in [4.69, 9.17) is 0 Å². The van der Waals surface area contributed by atoms with Gasteiger partial charge in [0.25, 0.3) is 0 Å². The molecule has 0 rings (SSSR count). The van der Waals surface area contributed by atoms with Crippen LogP contribution in [0.25, 0.3) is 0 Å². The molecule has 9 heteroatoms. The molecule has 0 heterocycles. The summed E-state index contributed by atoms with van der Waals surface area (Å²) >= 11 is 0. The fraction of sp³-hybridized carbons (Fsp3) is 0. The first-order valence-electron chi connectivity index (χ1n) is 0. The Morgan fingerprint density at radius 1 is 0.444 bits per heavy atom. The third-order valence-electron chi connectivity index (χ3n) is 0. The standard InChI is InChI=1S/Ba.5ClH.2H2O.Ti.2H/h;5*1H;2*1H2;;;. The van der Waals surface area contributed by atoms with Gasteiger partial charge in [-0.3, -0.25) is 0 Å². The first-order chi connectivity index (χ1) is 0. The fourth-order valence-electron chi connectivity index (χ4n) is 0. The molecule has 0 aliphatic carbocycles. The van der Waals surface area contributed by atoms with Crippen LogP contribution in [0.1, 0.15) is 0 Å². The van der Waals surface area contributed by atoms with Crippen LogP contribution in [0.4, 0.5) is 0 Å². The molecule has 2 nitrogen and oxygen atoms in total. The van der Waals surface area contributed by atoms with Crippen LogP contribution in [0.15, 0.2) is 0 Å². The van der Waals surface area contributed by atoms with Gasteiger partial charge in [-0.1, -0.05) is 0 Å². The van der Waals surface area contributed by atoms with Crippen LogP contribution >= 0.6 is 62.0 Å². The van der Waals surface area contributed by atoms with E-state index >= 15 is 0 Å². The monoisotopic (exact) mass is 404 g/mol. The number of halogens is 5. The molecule has 0 aliphatic heterocycles. The summed E-state index contributed by atoms with van der Waals surface area (Å²) in [7, 11) is 0. The van der Waals surface area contributed by atoms with E-state index in [1.807, 2.05) is 0 Å². The van der Waals surface area contributed by atoms with E-state index in [9.17, 15) is 0 Å². The molecule has 0 aromatic heterocycles. The Labute approximate surface area is 141 Å². The van der Waals surface area contributed by atoms with Crippen molar-refractivity contribution in [3.05, 3.63) is 0 Å². The predicted octanol–water partition coefficient (Wildman–Crippen LogP) is -0.459. The zero-order valence-corrected chi connectivity index (χ0v) is 9.19. The fourth-order valence-corrected chi connectivity index (χ4v) is 0. The molecule has 0 saturated carbocycles. The van der Waals surface area contributed by atoms with Crippen molar-refractivity contribution in [2.75, 3.05) is 0 Å². The van der Waals surface area contributed by atoms with Crippen LogP contribution < -0.4 is 0 Å². The Morgan fingerprint density at radius 3 is 0.444 bits per heavy atom. The summed E-state index contributed by atoms with van der Waals surface area (Å²) in [5, 5.41) is 0. The summed E-state index contributed by atoms with van der Waals surface area (Å²) in [4.78, 5) is 0. The van der Waals surface area contributed by atoms with Crippen molar-refractivity contribution in [1.82, 2.24) is 0 Å². The van der Waals surface area contributed by atoms with E-state index < -0.39 is 0 Å². The van der Waals surface area contributed by atoms with E-state index in [1.54, 1.807) is 0 Å². The molecular weight excluding hydrogens is 394 g/mol. The van der Waals surface area contributed by atoms with Crippen molar-refractivity contribution < 1.29 is 32.7 Å². The summed E-state index contributed by atoms with van der Waals surface area (Å²) < 4.78 is 0. The molecule has 0 aliphatic rings. The molecular formula is H11BaCl5O2Ti. The largest absolute Gasteiger partial charge is 0 e. The van der Waals surface area contributed by atoms with Gasteiger partial charge in [-0.05, 0) is 0 Å². The first-order valence-corrected chi connectivity index (χ1v) is 0. The number of hydrogen-bond acceptors (Lipinski definition) is 0. The summed E-state index contributed by atoms with van der Waals surface area (Å²) in [5.41, 5.74) is 0.